The number of aliphatic hydroxyl groups is 1. The van der Waals surface area contributed by atoms with E-state index in [0.29, 0.717) is 31.9 Å². The third kappa shape index (κ3) is 5.16. The summed E-state index contributed by atoms with van der Waals surface area (Å²) in [7, 11) is 1.74. The Hall–Kier alpha value is -1.59. The van der Waals surface area contributed by atoms with Crippen molar-refractivity contribution in [1.29, 1.82) is 0 Å². The molecule has 0 atom stereocenters. The smallest absolute Gasteiger partial charge is 0.226 e. The number of likely N-dealkylation sites (N-methyl/N-ethyl adjacent to an activating group) is 1. The molecule has 3 N–H and O–H groups in total. The molecule has 0 saturated heterocycles. The van der Waals surface area contributed by atoms with Crippen molar-refractivity contribution in [2.75, 3.05) is 39.1 Å². The van der Waals surface area contributed by atoms with E-state index in [1.54, 1.807) is 24.1 Å². The fraction of sp³-hybridized carbons (Fsp3) is 0.462. The quantitative estimate of drug-likeness (QED) is 0.540. The van der Waals surface area contributed by atoms with Gasteiger partial charge < -0.3 is 20.5 Å². The molecule has 0 saturated carbocycles. The molecule has 1 rings (SSSR count). The number of amides is 1. The zero-order valence-corrected chi connectivity index (χ0v) is 10.6. The second-order valence-corrected chi connectivity index (χ2v) is 4.07. The van der Waals surface area contributed by atoms with Crippen LogP contribution in [-0.4, -0.2) is 49.3 Å². The van der Waals surface area contributed by atoms with Crippen molar-refractivity contribution in [1.82, 2.24) is 4.90 Å². The average Bonchev–Trinajstić information content (AvgIpc) is 2.37. The first kappa shape index (κ1) is 14.5. The van der Waals surface area contributed by atoms with Crippen molar-refractivity contribution in [3.8, 4) is 0 Å². The highest BCUT2D eigenvalue weighted by atomic mass is 16.5. The highest BCUT2D eigenvalue weighted by molar-refractivity contribution is 5.78. The standard InChI is InChI=1S/C13H20N2O3/c1-15(6-8-18-9-7-16)13(17)10-11-2-4-12(14)5-3-11/h2-5,16H,6-10,14H2,1H3. The van der Waals surface area contributed by atoms with E-state index in [1.165, 1.54) is 0 Å². The molecule has 0 bridgehead atoms. The van der Waals surface area contributed by atoms with Crippen LogP contribution < -0.4 is 5.73 Å². The van der Waals surface area contributed by atoms with Gasteiger partial charge in [0.1, 0.15) is 0 Å². The zero-order valence-electron chi connectivity index (χ0n) is 10.6. The van der Waals surface area contributed by atoms with E-state index in [4.69, 9.17) is 15.6 Å². The maximum Gasteiger partial charge on any atom is 0.226 e. The molecular weight excluding hydrogens is 232 g/mol. The summed E-state index contributed by atoms with van der Waals surface area (Å²) < 4.78 is 5.11. The van der Waals surface area contributed by atoms with Crippen molar-refractivity contribution in [2.24, 2.45) is 0 Å². The van der Waals surface area contributed by atoms with Crippen molar-refractivity contribution in [3.63, 3.8) is 0 Å². The van der Waals surface area contributed by atoms with Gasteiger partial charge in [-0.1, -0.05) is 12.1 Å². The molecule has 0 aliphatic carbocycles. The number of nitrogen functional groups attached to an aromatic ring is 1. The first-order valence-electron chi connectivity index (χ1n) is 5.90. The molecule has 0 unspecified atom stereocenters. The maximum atomic E-state index is 11.9. The second-order valence-electron chi connectivity index (χ2n) is 4.07. The largest absolute Gasteiger partial charge is 0.399 e. The molecule has 1 aromatic carbocycles. The van der Waals surface area contributed by atoms with Crippen LogP contribution in [0.1, 0.15) is 5.56 Å². The molecule has 0 radical (unpaired) electrons. The van der Waals surface area contributed by atoms with E-state index < -0.39 is 0 Å². The fourth-order valence-corrected chi connectivity index (χ4v) is 1.44. The van der Waals surface area contributed by atoms with Crippen LogP contribution in [0.2, 0.25) is 0 Å². The molecule has 1 aromatic rings. The lowest BCUT2D eigenvalue weighted by Crippen LogP contribution is -2.31. The van der Waals surface area contributed by atoms with Crippen LogP contribution in [0.4, 0.5) is 5.69 Å². The number of nitrogens with zero attached hydrogens (tertiary/aromatic N) is 1. The van der Waals surface area contributed by atoms with Crippen molar-refractivity contribution >= 4 is 11.6 Å². The molecule has 5 nitrogen and oxygen atoms in total. The predicted molar refractivity (Wildman–Crippen MR) is 70.1 cm³/mol. The van der Waals surface area contributed by atoms with Gasteiger partial charge in [0.05, 0.1) is 26.2 Å². The van der Waals surface area contributed by atoms with Gasteiger partial charge in [-0.3, -0.25) is 4.79 Å². The van der Waals surface area contributed by atoms with Crippen molar-refractivity contribution in [2.45, 2.75) is 6.42 Å². The number of hydrogen-bond donors (Lipinski definition) is 2. The Morgan fingerprint density at radius 1 is 1.33 bits per heavy atom. The number of benzene rings is 1. The SMILES string of the molecule is CN(CCOCCO)C(=O)Cc1ccc(N)cc1. The normalized spacial score (nSPS) is 10.3. The monoisotopic (exact) mass is 252 g/mol. The molecule has 0 spiro atoms. The Morgan fingerprint density at radius 2 is 2.00 bits per heavy atom. The summed E-state index contributed by atoms with van der Waals surface area (Å²) in [4.78, 5) is 13.5. The van der Waals surface area contributed by atoms with E-state index in [-0.39, 0.29) is 12.5 Å². The minimum absolute atomic E-state index is 0.00307. The van der Waals surface area contributed by atoms with Crippen LogP contribution >= 0.6 is 0 Å². The van der Waals surface area contributed by atoms with E-state index in [0.717, 1.165) is 5.56 Å². The number of hydrogen-bond acceptors (Lipinski definition) is 4. The number of ether oxygens (including phenoxy) is 1. The Bertz CT molecular complexity index is 365. The molecule has 1 amide bonds. The van der Waals surface area contributed by atoms with Crippen LogP contribution in [0.5, 0.6) is 0 Å². The number of carbonyl (C=O) groups excluding carboxylic acids is 1. The summed E-state index contributed by atoms with van der Waals surface area (Å²) >= 11 is 0. The van der Waals surface area contributed by atoms with Gasteiger partial charge in [0.25, 0.3) is 0 Å². The van der Waals surface area contributed by atoms with Gasteiger partial charge in [0.2, 0.25) is 5.91 Å². The first-order chi connectivity index (χ1) is 8.63. The highest BCUT2D eigenvalue weighted by Crippen LogP contribution is 2.07. The van der Waals surface area contributed by atoms with E-state index in [1.807, 2.05) is 12.1 Å². The lowest BCUT2D eigenvalue weighted by atomic mass is 10.1. The Kier molecular flexibility index (Phi) is 6.18. The second kappa shape index (κ2) is 7.68. The van der Waals surface area contributed by atoms with Gasteiger partial charge in [-0.15, -0.1) is 0 Å². The number of anilines is 1. The zero-order chi connectivity index (χ0) is 13.4. The molecule has 100 valence electrons. The van der Waals surface area contributed by atoms with Crippen molar-refractivity contribution < 1.29 is 14.6 Å². The summed E-state index contributed by atoms with van der Waals surface area (Å²) in [6.07, 6.45) is 0.358. The topological polar surface area (TPSA) is 75.8 Å². The van der Waals surface area contributed by atoms with Crippen LogP contribution in [-0.2, 0) is 16.0 Å². The van der Waals surface area contributed by atoms with Gasteiger partial charge in [0.15, 0.2) is 0 Å². The third-order valence-corrected chi connectivity index (χ3v) is 2.57. The van der Waals surface area contributed by atoms with Gasteiger partial charge in [-0.25, -0.2) is 0 Å². The third-order valence-electron chi connectivity index (χ3n) is 2.57. The Labute approximate surface area is 107 Å². The lowest BCUT2D eigenvalue weighted by molar-refractivity contribution is -0.129. The van der Waals surface area contributed by atoms with Crippen LogP contribution in [0.3, 0.4) is 0 Å². The summed E-state index contributed by atoms with van der Waals surface area (Å²) in [5.74, 6) is 0.0346. The molecule has 0 aliphatic rings. The molecular formula is C13H20N2O3. The summed E-state index contributed by atoms with van der Waals surface area (Å²) in [6.45, 7) is 1.27. The predicted octanol–water partition coefficient (Wildman–Crippen LogP) is 0.279. The molecule has 18 heavy (non-hydrogen) atoms. The van der Waals surface area contributed by atoms with Crippen LogP contribution in [0.25, 0.3) is 0 Å². The summed E-state index contributed by atoms with van der Waals surface area (Å²) in [5.41, 5.74) is 7.21. The molecule has 0 aliphatic heterocycles. The number of aliphatic hydroxyl groups excluding tert-OH is 1. The molecule has 5 heteroatoms. The van der Waals surface area contributed by atoms with Gasteiger partial charge in [-0.05, 0) is 17.7 Å². The Balaban J connectivity index is 2.33. The highest BCUT2D eigenvalue weighted by Gasteiger charge is 2.09. The summed E-state index contributed by atoms with van der Waals surface area (Å²) in [5, 5.41) is 8.54. The molecule has 0 aromatic heterocycles. The number of nitrogens with two attached hydrogens (primary N) is 1. The van der Waals surface area contributed by atoms with Gasteiger partial charge in [-0.2, -0.15) is 0 Å². The average molecular weight is 252 g/mol. The van der Waals surface area contributed by atoms with Gasteiger partial charge in [0, 0.05) is 19.3 Å². The molecule has 0 fully saturated rings. The van der Waals surface area contributed by atoms with Crippen LogP contribution in [0, 0.1) is 0 Å². The van der Waals surface area contributed by atoms with E-state index in [9.17, 15) is 4.79 Å². The summed E-state index contributed by atoms with van der Waals surface area (Å²) in [6, 6.07) is 7.27. The van der Waals surface area contributed by atoms with Crippen molar-refractivity contribution in [3.05, 3.63) is 29.8 Å². The molecule has 0 heterocycles. The van der Waals surface area contributed by atoms with E-state index >= 15 is 0 Å². The number of carbonyl (C=O) groups is 1. The lowest BCUT2D eigenvalue weighted by Gasteiger charge is -2.17. The fourth-order valence-electron chi connectivity index (χ4n) is 1.44. The van der Waals surface area contributed by atoms with E-state index in [2.05, 4.69) is 0 Å². The van der Waals surface area contributed by atoms with Crippen LogP contribution in [0.15, 0.2) is 24.3 Å². The number of rotatable bonds is 7. The minimum atomic E-state index is 0.00307. The maximum absolute atomic E-state index is 11.9. The first-order valence-corrected chi connectivity index (χ1v) is 5.90. The van der Waals surface area contributed by atoms with Gasteiger partial charge >= 0.3 is 0 Å². The Morgan fingerprint density at radius 3 is 2.61 bits per heavy atom. The minimum Gasteiger partial charge on any atom is -0.399 e.